The van der Waals surface area contributed by atoms with Crippen LogP contribution in [-0.2, 0) is 6.42 Å². The summed E-state index contributed by atoms with van der Waals surface area (Å²) in [5, 5.41) is 6.67. The molecule has 3 aromatic rings. The standard InChI is InChI=1S/C18H19N3O4/c1-11-3-8-14(24-11)16-15(17(19)25-21-16)18(22)20-10-9-12-4-6-13(23-2)7-5-12/h3-8H,9-10,19H2,1-2H3,(H,20,22). The number of rotatable bonds is 6. The van der Waals surface area contributed by atoms with Gasteiger partial charge in [0, 0.05) is 6.54 Å². The first kappa shape index (κ1) is 16.6. The summed E-state index contributed by atoms with van der Waals surface area (Å²) in [5.74, 6) is 1.56. The van der Waals surface area contributed by atoms with Crippen LogP contribution in [-0.4, -0.2) is 24.7 Å². The number of carbonyl (C=O) groups excluding carboxylic acids is 1. The number of nitrogen functional groups attached to an aromatic ring is 1. The zero-order chi connectivity index (χ0) is 17.8. The second-order valence-electron chi connectivity index (χ2n) is 5.53. The predicted octanol–water partition coefficient (Wildman–Crippen LogP) is 2.81. The highest BCUT2D eigenvalue weighted by Gasteiger charge is 2.24. The molecule has 0 radical (unpaired) electrons. The van der Waals surface area contributed by atoms with Gasteiger partial charge < -0.3 is 24.7 Å². The maximum absolute atomic E-state index is 12.5. The quantitative estimate of drug-likeness (QED) is 0.714. The van der Waals surface area contributed by atoms with Gasteiger partial charge in [-0.05, 0) is 43.2 Å². The lowest BCUT2D eigenvalue weighted by Gasteiger charge is -2.06. The number of anilines is 1. The minimum absolute atomic E-state index is 0.0361. The van der Waals surface area contributed by atoms with Crippen LogP contribution in [0.1, 0.15) is 21.7 Å². The highest BCUT2D eigenvalue weighted by Crippen LogP contribution is 2.28. The third-order valence-corrected chi connectivity index (χ3v) is 3.78. The Hall–Kier alpha value is -3.22. The summed E-state index contributed by atoms with van der Waals surface area (Å²) in [6, 6.07) is 11.2. The van der Waals surface area contributed by atoms with E-state index < -0.39 is 0 Å². The molecule has 1 aromatic carbocycles. The van der Waals surface area contributed by atoms with Gasteiger partial charge in [-0.15, -0.1) is 0 Å². The van der Waals surface area contributed by atoms with Crippen molar-refractivity contribution < 1.29 is 18.5 Å². The lowest BCUT2D eigenvalue weighted by atomic mass is 10.1. The van der Waals surface area contributed by atoms with Crippen molar-refractivity contribution in [3.63, 3.8) is 0 Å². The topological polar surface area (TPSA) is 104 Å². The molecular weight excluding hydrogens is 322 g/mol. The van der Waals surface area contributed by atoms with Crippen LogP contribution in [0.4, 0.5) is 5.88 Å². The number of nitrogens with two attached hydrogens (primary N) is 1. The first-order chi connectivity index (χ1) is 12.1. The summed E-state index contributed by atoms with van der Waals surface area (Å²) in [6.07, 6.45) is 0.677. The molecule has 0 spiro atoms. The first-order valence-corrected chi connectivity index (χ1v) is 7.81. The summed E-state index contributed by atoms with van der Waals surface area (Å²) in [6.45, 7) is 2.26. The molecule has 7 nitrogen and oxygen atoms in total. The number of aromatic nitrogens is 1. The van der Waals surface area contributed by atoms with Gasteiger partial charge >= 0.3 is 0 Å². The van der Waals surface area contributed by atoms with Gasteiger partial charge in [0.1, 0.15) is 17.1 Å². The zero-order valence-electron chi connectivity index (χ0n) is 14.0. The van der Waals surface area contributed by atoms with E-state index in [4.69, 9.17) is 19.4 Å². The predicted molar refractivity (Wildman–Crippen MR) is 92.4 cm³/mol. The molecule has 0 saturated heterocycles. The van der Waals surface area contributed by atoms with Gasteiger partial charge in [-0.3, -0.25) is 4.79 Å². The van der Waals surface area contributed by atoms with Crippen molar-refractivity contribution in [3.05, 3.63) is 53.3 Å². The van der Waals surface area contributed by atoms with E-state index in [0.717, 1.165) is 11.3 Å². The Morgan fingerprint density at radius 3 is 2.64 bits per heavy atom. The van der Waals surface area contributed by atoms with E-state index in [-0.39, 0.29) is 17.4 Å². The van der Waals surface area contributed by atoms with Gasteiger partial charge in [0.25, 0.3) is 5.91 Å². The zero-order valence-corrected chi connectivity index (χ0v) is 14.0. The van der Waals surface area contributed by atoms with Crippen LogP contribution in [0.15, 0.2) is 45.3 Å². The summed E-state index contributed by atoms with van der Waals surface area (Å²) in [4.78, 5) is 12.5. The minimum Gasteiger partial charge on any atom is -0.497 e. The third kappa shape index (κ3) is 3.65. The summed E-state index contributed by atoms with van der Waals surface area (Å²) >= 11 is 0. The number of ether oxygens (including phenoxy) is 1. The molecule has 1 amide bonds. The SMILES string of the molecule is COc1ccc(CCNC(=O)c2c(-c3ccc(C)o3)noc2N)cc1. The van der Waals surface area contributed by atoms with E-state index in [0.29, 0.717) is 30.2 Å². The third-order valence-electron chi connectivity index (χ3n) is 3.78. The van der Waals surface area contributed by atoms with Gasteiger partial charge in [-0.2, -0.15) is 0 Å². The van der Waals surface area contributed by atoms with E-state index in [2.05, 4.69) is 10.5 Å². The average molecular weight is 341 g/mol. The lowest BCUT2D eigenvalue weighted by molar-refractivity contribution is 0.0955. The van der Waals surface area contributed by atoms with E-state index in [9.17, 15) is 4.79 Å². The molecule has 25 heavy (non-hydrogen) atoms. The van der Waals surface area contributed by atoms with Crippen molar-refractivity contribution in [2.45, 2.75) is 13.3 Å². The molecule has 2 heterocycles. The van der Waals surface area contributed by atoms with Crippen molar-refractivity contribution in [1.29, 1.82) is 0 Å². The maximum atomic E-state index is 12.5. The summed E-state index contributed by atoms with van der Waals surface area (Å²) in [5.41, 5.74) is 7.32. The highest BCUT2D eigenvalue weighted by atomic mass is 16.5. The highest BCUT2D eigenvalue weighted by molar-refractivity contribution is 6.03. The Kier molecular flexibility index (Phi) is 4.74. The van der Waals surface area contributed by atoms with Crippen LogP contribution in [0.5, 0.6) is 5.75 Å². The van der Waals surface area contributed by atoms with Gasteiger partial charge in [-0.25, -0.2) is 0 Å². The molecule has 0 saturated carbocycles. The fourth-order valence-electron chi connectivity index (χ4n) is 2.45. The van der Waals surface area contributed by atoms with Crippen LogP contribution in [0.3, 0.4) is 0 Å². The molecule has 130 valence electrons. The Morgan fingerprint density at radius 1 is 1.24 bits per heavy atom. The average Bonchev–Trinajstić information content (AvgIpc) is 3.21. The fraction of sp³-hybridized carbons (Fsp3) is 0.222. The number of amides is 1. The molecule has 7 heteroatoms. The fourth-order valence-corrected chi connectivity index (χ4v) is 2.45. The van der Waals surface area contributed by atoms with Gasteiger partial charge in [0.05, 0.1) is 7.11 Å². The number of hydrogen-bond donors (Lipinski definition) is 2. The number of benzene rings is 1. The van der Waals surface area contributed by atoms with Crippen LogP contribution in [0, 0.1) is 6.92 Å². The molecule has 0 unspecified atom stereocenters. The normalized spacial score (nSPS) is 10.6. The van der Waals surface area contributed by atoms with Crippen molar-refractivity contribution in [2.75, 3.05) is 19.4 Å². The Labute approximate surface area is 144 Å². The molecule has 0 atom stereocenters. The molecular formula is C18H19N3O4. The Morgan fingerprint density at radius 2 is 2.00 bits per heavy atom. The van der Waals surface area contributed by atoms with E-state index in [1.165, 1.54) is 0 Å². The largest absolute Gasteiger partial charge is 0.497 e. The molecule has 0 fully saturated rings. The molecule has 0 bridgehead atoms. The monoisotopic (exact) mass is 341 g/mol. The molecule has 0 aliphatic heterocycles. The Balaban J connectivity index is 1.66. The number of nitrogens with zero attached hydrogens (tertiary/aromatic N) is 1. The molecule has 2 aromatic heterocycles. The number of furan rings is 1. The smallest absolute Gasteiger partial charge is 0.259 e. The Bertz CT molecular complexity index is 865. The van der Waals surface area contributed by atoms with Crippen molar-refractivity contribution in [1.82, 2.24) is 10.5 Å². The van der Waals surface area contributed by atoms with E-state index >= 15 is 0 Å². The van der Waals surface area contributed by atoms with Gasteiger partial charge in [0.15, 0.2) is 11.5 Å². The van der Waals surface area contributed by atoms with Crippen molar-refractivity contribution in [2.24, 2.45) is 0 Å². The summed E-state index contributed by atoms with van der Waals surface area (Å²) < 4.78 is 15.6. The molecule has 3 rings (SSSR count). The molecule has 3 N–H and O–H groups in total. The molecule has 0 aliphatic carbocycles. The first-order valence-electron chi connectivity index (χ1n) is 7.81. The van der Waals surface area contributed by atoms with Crippen LogP contribution in [0.25, 0.3) is 11.5 Å². The number of hydrogen-bond acceptors (Lipinski definition) is 6. The van der Waals surface area contributed by atoms with Gasteiger partial charge in [0.2, 0.25) is 5.88 Å². The second-order valence-corrected chi connectivity index (χ2v) is 5.53. The van der Waals surface area contributed by atoms with Crippen LogP contribution in [0.2, 0.25) is 0 Å². The molecule has 0 aliphatic rings. The number of aryl methyl sites for hydroxylation is 1. The maximum Gasteiger partial charge on any atom is 0.259 e. The lowest BCUT2D eigenvalue weighted by Crippen LogP contribution is -2.26. The number of methoxy groups -OCH3 is 1. The minimum atomic E-state index is -0.351. The van der Waals surface area contributed by atoms with E-state index in [1.54, 1.807) is 19.2 Å². The van der Waals surface area contributed by atoms with Crippen LogP contribution >= 0.6 is 0 Å². The number of nitrogens with one attached hydrogen (secondary N) is 1. The van der Waals surface area contributed by atoms with Gasteiger partial charge in [-0.1, -0.05) is 17.3 Å². The van der Waals surface area contributed by atoms with Crippen molar-refractivity contribution >= 4 is 11.8 Å². The second kappa shape index (κ2) is 7.12. The van der Waals surface area contributed by atoms with Crippen molar-refractivity contribution in [3.8, 4) is 17.2 Å². The summed E-state index contributed by atoms with van der Waals surface area (Å²) in [7, 11) is 1.62. The van der Waals surface area contributed by atoms with E-state index in [1.807, 2.05) is 31.2 Å². The van der Waals surface area contributed by atoms with Crippen LogP contribution < -0.4 is 15.8 Å². The number of carbonyl (C=O) groups is 1.